The van der Waals surface area contributed by atoms with Crippen molar-refractivity contribution in [2.45, 2.75) is 69.8 Å². The van der Waals surface area contributed by atoms with Crippen molar-refractivity contribution in [1.82, 2.24) is 5.32 Å². The highest BCUT2D eigenvalue weighted by Crippen LogP contribution is 2.20. The van der Waals surface area contributed by atoms with Gasteiger partial charge in [-0.25, -0.2) is 0 Å². The Kier molecular flexibility index (Phi) is 7.86. The number of carbonyl (C=O) groups excluding carboxylic acids is 2. The Labute approximate surface area is 134 Å². The van der Waals surface area contributed by atoms with E-state index < -0.39 is 42.7 Å². The van der Waals surface area contributed by atoms with Crippen molar-refractivity contribution in [3.05, 3.63) is 0 Å². The summed E-state index contributed by atoms with van der Waals surface area (Å²) in [6.07, 6.45) is -4.32. The molecular weight excluding hydrogens is 308 g/mol. The lowest BCUT2D eigenvalue weighted by molar-refractivity contribution is -0.255. The molecule has 1 amide bonds. The maximum atomic E-state index is 11.6. The van der Waals surface area contributed by atoms with E-state index in [1.54, 1.807) is 6.92 Å². The number of rotatable bonds is 7. The molecule has 9 nitrogen and oxygen atoms in total. The van der Waals surface area contributed by atoms with Crippen LogP contribution in [0.25, 0.3) is 0 Å². The Bertz CT molecular complexity index is 407. The number of aliphatic hydroxyl groups excluding tert-OH is 3. The SMILES string of the molecule is CCCC(=O)N[C@H]1C(O)O[C@H](COC(=O)[C@@H](N)CC)[C@@H](O)[C@@H]1O. The first-order valence-corrected chi connectivity index (χ1v) is 7.73. The summed E-state index contributed by atoms with van der Waals surface area (Å²) in [5.74, 6) is -1.03. The minimum absolute atomic E-state index is 0.224. The molecule has 1 aliphatic rings. The molecule has 6 N–H and O–H groups in total. The summed E-state index contributed by atoms with van der Waals surface area (Å²) < 4.78 is 10.0. The zero-order chi connectivity index (χ0) is 17.6. The predicted molar refractivity (Wildman–Crippen MR) is 79.0 cm³/mol. The lowest BCUT2D eigenvalue weighted by Gasteiger charge is -2.40. The van der Waals surface area contributed by atoms with Gasteiger partial charge in [-0.3, -0.25) is 9.59 Å². The Morgan fingerprint density at radius 1 is 1.26 bits per heavy atom. The number of nitrogens with one attached hydrogen (secondary N) is 1. The van der Waals surface area contributed by atoms with Crippen LogP contribution in [0.5, 0.6) is 0 Å². The van der Waals surface area contributed by atoms with Crippen LogP contribution in [0.3, 0.4) is 0 Å². The molecule has 0 spiro atoms. The van der Waals surface area contributed by atoms with Crippen molar-refractivity contribution in [2.24, 2.45) is 5.73 Å². The fraction of sp³-hybridized carbons (Fsp3) is 0.857. The van der Waals surface area contributed by atoms with E-state index in [0.717, 1.165) is 0 Å². The molecule has 0 saturated carbocycles. The monoisotopic (exact) mass is 334 g/mol. The van der Waals surface area contributed by atoms with E-state index in [2.05, 4.69) is 5.32 Å². The Hall–Kier alpha value is -1.26. The largest absolute Gasteiger partial charge is 0.462 e. The van der Waals surface area contributed by atoms with Gasteiger partial charge in [0.05, 0.1) is 0 Å². The quantitative estimate of drug-likeness (QED) is 0.335. The van der Waals surface area contributed by atoms with Gasteiger partial charge < -0.3 is 35.8 Å². The molecule has 1 rings (SSSR count). The standard InChI is InChI=1S/C14H26N2O7/c1-3-5-9(17)16-10-12(19)11(18)8(23-14(10)21)6-22-13(20)7(15)4-2/h7-8,10-12,14,18-19,21H,3-6,15H2,1-2H3,(H,16,17)/t7-,8+,10+,11+,12+,14?/m0/s1. The second-order valence-electron chi connectivity index (χ2n) is 5.53. The van der Waals surface area contributed by atoms with E-state index in [1.165, 1.54) is 0 Å². The smallest absolute Gasteiger partial charge is 0.322 e. The molecule has 134 valence electrons. The highest BCUT2D eigenvalue weighted by atomic mass is 16.6. The van der Waals surface area contributed by atoms with Gasteiger partial charge in [0.2, 0.25) is 5.91 Å². The Balaban J connectivity index is 2.59. The van der Waals surface area contributed by atoms with E-state index in [-0.39, 0.29) is 18.9 Å². The molecule has 9 heteroatoms. The Morgan fingerprint density at radius 3 is 2.48 bits per heavy atom. The van der Waals surface area contributed by atoms with Gasteiger partial charge in [-0.05, 0) is 12.8 Å². The summed E-state index contributed by atoms with van der Waals surface area (Å²) in [5.41, 5.74) is 5.50. The number of nitrogens with two attached hydrogens (primary N) is 1. The molecule has 0 aromatic rings. The first-order valence-electron chi connectivity index (χ1n) is 7.73. The molecule has 0 aromatic heterocycles. The summed E-state index contributed by atoms with van der Waals surface area (Å²) in [6.45, 7) is 3.16. The summed E-state index contributed by atoms with van der Waals surface area (Å²) >= 11 is 0. The number of carbonyl (C=O) groups is 2. The van der Waals surface area contributed by atoms with Crippen LogP contribution >= 0.6 is 0 Å². The van der Waals surface area contributed by atoms with E-state index >= 15 is 0 Å². The third kappa shape index (κ3) is 5.40. The van der Waals surface area contributed by atoms with E-state index in [9.17, 15) is 24.9 Å². The first-order chi connectivity index (χ1) is 10.8. The molecular formula is C14H26N2O7. The predicted octanol–water partition coefficient (Wildman–Crippen LogP) is -2.01. The van der Waals surface area contributed by atoms with Crippen LogP contribution < -0.4 is 11.1 Å². The number of amides is 1. The molecule has 6 atom stereocenters. The Morgan fingerprint density at radius 2 is 1.91 bits per heavy atom. The van der Waals surface area contributed by atoms with Gasteiger partial charge in [-0.1, -0.05) is 13.8 Å². The fourth-order valence-corrected chi connectivity index (χ4v) is 2.16. The van der Waals surface area contributed by atoms with Gasteiger partial charge in [0, 0.05) is 6.42 Å². The number of ether oxygens (including phenoxy) is 2. The van der Waals surface area contributed by atoms with E-state index in [1.807, 2.05) is 6.92 Å². The summed E-state index contributed by atoms with van der Waals surface area (Å²) in [4.78, 5) is 23.1. The molecule has 1 unspecified atom stereocenters. The van der Waals surface area contributed by atoms with E-state index in [0.29, 0.717) is 12.8 Å². The van der Waals surface area contributed by atoms with Crippen molar-refractivity contribution in [3.8, 4) is 0 Å². The van der Waals surface area contributed by atoms with Crippen LogP contribution in [0.15, 0.2) is 0 Å². The van der Waals surface area contributed by atoms with Crippen LogP contribution in [0.1, 0.15) is 33.1 Å². The lowest BCUT2D eigenvalue weighted by Crippen LogP contribution is -2.64. The van der Waals surface area contributed by atoms with Crippen LogP contribution in [0.2, 0.25) is 0 Å². The maximum absolute atomic E-state index is 11.6. The molecule has 0 aromatic carbocycles. The van der Waals surface area contributed by atoms with Crippen molar-refractivity contribution in [3.63, 3.8) is 0 Å². The molecule has 0 aliphatic carbocycles. The van der Waals surface area contributed by atoms with Gasteiger partial charge in [-0.2, -0.15) is 0 Å². The number of aliphatic hydroxyl groups is 3. The summed E-state index contributed by atoms with van der Waals surface area (Å²) in [5, 5.41) is 32.4. The van der Waals surface area contributed by atoms with Crippen molar-refractivity contribution >= 4 is 11.9 Å². The van der Waals surface area contributed by atoms with Crippen molar-refractivity contribution < 1.29 is 34.4 Å². The molecule has 1 fully saturated rings. The molecule has 0 radical (unpaired) electrons. The number of esters is 1. The van der Waals surface area contributed by atoms with Crippen molar-refractivity contribution in [2.75, 3.05) is 6.61 Å². The highest BCUT2D eigenvalue weighted by Gasteiger charge is 2.45. The second kappa shape index (κ2) is 9.14. The average Bonchev–Trinajstić information content (AvgIpc) is 2.52. The normalized spacial score (nSPS) is 32.2. The number of hydrogen-bond donors (Lipinski definition) is 5. The third-order valence-electron chi connectivity index (χ3n) is 3.66. The maximum Gasteiger partial charge on any atom is 0.322 e. The molecule has 1 heterocycles. The minimum atomic E-state index is -1.53. The van der Waals surface area contributed by atoms with Gasteiger partial charge >= 0.3 is 5.97 Å². The topological polar surface area (TPSA) is 151 Å². The van der Waals surface area contributed by atoms with Crippen LogP contribution in [0.4, 0.5) is 0 Å². The van der Waals surface area contributed by atoms with Crippen LogP contribution in [-0.4, -0.2) is 70.5 Å². The second-order valence-corrected chi connectivity index (χ2v) is 5.53. The van der Waals surface area contributed by atoms with Crippen molar-refractivity contribution in [1.29, 1.82) is 0 Å². The van der Waals surface area contributed by atoms with Gasteiger partial charge in [0.1, 0.15) is 37.0 Å². The lowest BCUT2D eigenvalue weighted by atomic mass is 9.97. The summed E-state index contributed by atoms with van der Waals surface area (Å²) in [6, 6.07) is -1.94. The van der Waals surface area contributed by atoms with Gasteiger partial charge in [0.15, 0.2) is 6.29 Å². The van der Waals surface area contributed by atoms with Gasteiger partial charge in [-0.15, -0.1) is 0 Å². The summed E-state index contributed by atoms with van der Waals surface area (Å²) in [7, 11) is 0. The molecule has 23 heavy (non-hydrogen) atoms. The highest BCUT2D eigenvalue weighted by molar-refractivity contribution is 5.76. The van der Waals surface area contributed by atoms with Gasteiger partial charge in [0.25, 0.3) is 0 Å². The van der Waals surface area contributed by atoms with E-state index in [4.69, 9.17) is 15.2 Å². The first kappa shape index (κ1) is 19.8. The molecule has 0 bridgehead atoms. The van der Waals surface area contributed by atoms with Crippen LogP contribution in [0, 0.1) is 0 Å². The average molecular weight is 334 g/mol. The van der Waals surface area contributed by atoms with Crippen LogP contribution in [-0.2, 0) is 19.1 Å². The third-order valence-corrected chi connectivity index (χ3v) is 3.66. The molecule has 1 aliphatic heterocycles. The zero-order valence-corrected chi connectivity index (χ0v) is 13.3. The zero-order valence-electron chi connectivity index (χ0n) is 13.3. The molecule has 1 saturated heterocycles. The fourth-order valence-electron chi connectivity index (χ4n) is 2.16. The minimum Gasteiger partial charge on any atom is -0.462 e. The number of hydrogen-bond acceptors (Lipinski definition) is 8.